The van der Waals surface area contributed by atoms with Crippen LogP contribution in [0.4, 0.5) is 0 Å². The summed E-state index contributed by atoms with van der Waals surface area (Å²) in [5.74, 6) is 0.997. The Morgan fingerprint density at radius 2 is 1.73 bits per heavy atom. The van der Waals surface area contributed by atoms with Crippen LogP contribution in [0.25, 0.3) is 0 Å². The molecule has 0 saturated heterocycles. The van der Waals surface area contributed by atoms with E-state index in [9.17, 15) is 20.1 Å². The molecule has 30 heavy (non-hydrogen) atoms. The van der Waals surface area contributed by atoms with Gasteiger partial charge in [0.15, 0.2) is 0 Å². The molecule has 4 saturated carbocycles. The fraction of sp³-hybridized carbons (Fsp3) is 0.958. The van der Waals surface area contributed by atoms with Gasteiger partial charge in [0.1, 0.15) is 0 Å². The molecule has 0 aromatic rings. The lowest BCUT2D eigenvalue weighted by atomic mass is 9.43. The van der Waals surface area contributed by atoms with Gasteiger partial charge in [0.05, 0.1) is 18.3 Å². The molecule has 4 aliphatic carbocycles. The summed E-state index contributed by atoms with van der Waals surface area (Å²) in [6, 6.07) is 0. The predicted molar refractivity (Wildman–Crippen MR) is 114 cm³/mol. The Kier molecular flexibility index (Phi) is 6.66. The standard InChI is InChI=1S/C24H40O5.H2O/c1-13(4-7-21(28)29)16-5-6-17-22-18(12-20(27)24(16,17)3)23(2)9-8-15(25)10-14(23)11-19(22)26;/h13-20,22,25-27H,4-12H2,1-3H3,(H,28,29);1H2/t13-,14+,15-,16-,17+,18+,19-,20+,22+,23+,24-;/m1./s1. The van der Waals surface area contributed by atoms with E-state index in [4.69, 9.17) is 5.11 Å². The number of aliphatic hydroxyl groups is 3. The molecule has 4 rings (SSSR count). The van der Waals surface area contributed by atoms with Gasteiger partial charge in [0, 0.05) is 6.42 Å². The van der Waals surface area contributed by atoms with E-state index in [2.05, 4.69) is 20.8 Å². The van der Waals surface area contributed by atoms with Crippen LogP contribution in [0, 0.1) is 46.3 Å². The van der Waals surface area contributed by atoms with Gasteiger partial charge in [-0.05, 0) is 97.7 Å². The maximum Gasteiger partial charge on any atom is 0.303 e. The molecule has 11 atom stereocenters. The van der Waals surface area contributed by atoms with Crippen molar-refractivity contribution in [2.24, 2.45) is 46.3 Å². The largest absolute Gasteiger partial charge is 0.481 e. The van der Waals surface area contributed by atoms with Crippen molar-refractivity contribution in [3.8, 4) is 0 Å². The van der Waals surface area contributed by atoms with Crippen molar-refractivity contribution in [1.29, 1.82) is 0 Å². The lowest BCUT2D eigenvalue weighted by molar-refractivity contribution is -0.207. The van der Waals surface area contributed by atoms with Gasteiger partial charge in [-0.15, -0.1) is 0 Å². The van der Waals surface area contributed by atoms with Crippen LogP contribution in [0.2, 0.25) is 0 Å². The highest BCUT2D eigenvalue weighted by Gasteiger charge is 2.65. The van der Waals surface area contributed by atoms with Crippen LogP contribution in [0.3, 0.4) is 0 Å². The first kappa shape index (κ1) is 24.0. The van der Waals surface area contributed by atoms with E-state index in [0.29, 0.717) is 30.1 Å². The van der Waals surface area contributed by atoms with Gasteiger partial charge in [-0.25, -0.2) is 0 Å². The number of rotatable bonds is 4. The molecule has 0 spiro atoms. The maximum atomic E-state index is 11.5. The fourth-order valence-electron chi connectivity index (χ4n) is 8.68. The second-order valence-corrected chi connectivity index (χ2v) is 11.4. The van der Waals surface area contributed by atoms with E-state index in [1.807, 2.05) is 0 Å². The minimum absolute atomic E-state index is 0. The van der Waals surface area contributed by atoms with Crippen molar-refractivity contribution < 1.29 is 30.7 Å². The highest BCUT2D eigenvalue weighted by atomic mass is 16.4. The van der Waals surface area contributed by atoms with Gasteiger partial charge >= 0.3 is 5.97 Å². The summed E-state index contributed by atoms with van der Waals surface area (Å²) >= 11 is 0. The Morgan fingerprint density at radius 1 is 1.03 bits per heavy atom. The number of hydrogen-bond acceptors (Lipinski definition) is 4. The molecule has 4 aliphatic rings. The molecule has 0 aromatic carbocycles. The van der Waals surface area contributed by atoms with E-state index in [1.165, 1.54) is 0 Å². The number of aliphatic hydroxyl groups excluding tert-OH is 3. The number of fused-ring (bicyclic) bond motifs is 5. The van der Waals surface area contributed by atoms with Crippen molar-refractivity contribution in [3.05, 3.63) is 0 Å². The molecule has 0 unspecified atom stereocenters. The first-order valence-corrected chi connectivity index (χ1v) is 11.8. The zero-order valence-electron chi connectivity index (χ0n) is 18.8. The minimum Gasteiger partial charge on any atom is -0.481 e. The van der Waals surface area contributed by atoms with E-state index in [-0.39, 0.29) is 46.8 Å². The summed E-state index contributed by atoms with van der Waals surface area (Å²) in [6.45, 7) is 6.72. The van der Waals surface area contributed by atoms with Crippen LogP contribution >= 0.6 is 0 Å². The maximum absolute atomic E-state index is 11.5. The third kappa shape index (κ3) is 3.52. The second kappa shape index (κ2) is 8.34. The summed E-state index contributed by atoms with van der Waals surface area (Å²) in [5, 5.41) is 42.0. The van der Waals surface area contributed by atoms with E-state index >= 15 is 0 Å². The number of carbonyl (C=O) groups is 1. The van der Waals surface area contributed by atoms with Crippen molar-refractivity contribution in [2.45, 2.75) is 96.9 Å². The summed E-state index contributed by atoms with van der Waals surface area (Å²) in [4.78, 5) is 11.1. The molecule has 0 radical (unpaired) electrons. The van der Waals surface area contributed by atoms with Gasteiger partial charge in [-0.2, -0.15) is 0 Å². The van der Waals surface area contributed by atoms with Crippen molar-refractivity contribution >= 4 is 5.97 Å². The minimum atomic E-state index is -0.748. The van der Waals surface area contributed by atoms with Crippen molar-refractivity contribution in [1.82, 2.24) is 0 Å². The third-order valence-electron chi connectivity index (χ3n) is 10.3. The molecule has 174 valence electrons. The highest BCUT2D eigenvalue weighted by molar-refractivity contribution is 5.66. The van der Waals surface area contributed by atoms with Crippen molar-refractivity contribution in [2.75, 3.05) is 0 Å². The van der Waals surface area contributed by atoms with Gasteiger partial charge in [-0.3, -0.25) is 4.79 Å². The predicted octanol–water partition coefficient (Wildman–Crippen LogP) is 2.62. The third-order valence-corrected chi connectivity index (χ3v) is 10.3. The number of aliphatic carboxylic acids is 1. The molecule has 6 nitrogen and oxygen atoms in total. The zero-order chi connectivity index (χ0) is 21.1. The normalized spacial score (nSPS) is 51.1. The lowest BCUT2D eigenvalue weighted by Gasteiger charge is -2.63. The Morgan fingerprint density at radius 3 is 2.40 bits per heavy atom. The summed E-state index contributed by atoms with van der Waals surface area (Å²) in [6.07, 6.45) is 6.00. The van der Waals surface area contributed by atoms with Gasteiger partial charge < -0.3 is 25.9 Å². The molecular formula is C24H42O6. The lowest BCUT2D eigenvalue weighted by Crippen LogP contribution is -2.62. The summed E-state index contributed by atoms with van der Waals surface area (Å²) in [5.41, 5.74) is -0.143. The van der Waals surface area contributed by atoms with Gasteiger partial charge in [0.25, 0.3) is 0 Å². The van der Waals surface area contributed by atoms with E-state index in [0.717, 1.165) is 44.9 Å². The van der Waals surface area contributed by atoms with Crippen LogP contribution in [0.15, 0.2) is 0 Å². The van der Waals surface area contributed by atoms with Crippen LogP contribution in [0.5, 0.6) is 0 Å². The summed E-state index contributed by atoms with van der Waals surface area (Å²) < 4.78 is 0. The van der Waals surface area contributed by atoms with Crippen LogP contribution < -0.4 is 0 Å². The van der Waals surface area contributed by atoms with Gasteiger partial charge in [-0.1, -0.05) is 20.8 Å². The van der Waals surface area contributed by atoms with Crippen LogP contribution in [0.1, 0.15) is 78.6 Å². The average Bonchev–Trinajstić information content (AvgIpc) is 3.01. The molecular weight excluding hydrogens is 384 g/mol. The molecule has 0 amide bonds. The smallest absolute Gasteiger partial charge is 0.303 e. The van der Waals surface area contributed by atoms with Crippen LogP contribution in [-0.2, 0) is 4.79 Å². The Balaban J connectivity index is 0.00000256. The Bertz CT molecular complexity index is 639. The molecule has 0 heterocycles. The average molecular weight is 427 g/mol. The van der Waals surface area contributed by atoms with E-state index < -0.39 is 12.1 Å². The van der Waals surface area contributed by atoms with Gasteiger partial charge in [0.2, 0.25) is 0 Å². The number of hydrogen-bond donors (Lipinski definition) is 4. The first-order valence-electron chi connectivity index (χ1n) is 11.8. The van der Waals surface area contributed by atoms with Crippen LogP contribution in [-0.4, -0.2) is 50.2 Å². The Hall–Kier alpha value is -0.690. The topological polar surface area (TPSA) is 129 Å². The molecule has 6 N–H and O–H groups in total. The highest BCUT2D eigenvalue weighted by Crippen LogP contribution is 2.68. The SMILES string of the molecule is C[C@H](CCC(=O)O)[C@H]1CC[C@H]2[C@@H]3[C@H](O)C[C@@H]4C[C@H](O)CC[C@]4(C)[C@H]3C[C@H](O)[C@]12C.O. The zero-order valence-corrected chi connectivity index (χ0v) is 18.8. The monoisotopic (exact) mass is 426 g/mol. The number of carboxylic acids is 1. The molecule has 0 aliphatic heterocycles. The Labute approximate surface area is 180 Å². The van der Waals surface area contributed by atoms with E-state index in [1.54, 1.807) is 0 Å². The molecule has 4 fully saturated rings. The second-order valence-electron chi connectivity index (χ2n) is 11.4. The molecule has 0 aromatic heterocycles. The number of carboxylic acid groups (broad SMARTS) is 1. The quantitative estimate of drug-likeness (QED) is 0.549. The van der Waals surface area contributed by atoms with Crippen molar-refractivity contribution in [3.63, 3.8) is 0 Å². The fourth-order valence-corrected chi connectivity index (χ4v) is 8.68. The molecule has 0 bridgehead atoms. The summed E-state index contributed by atoms with van der Waals surface area (Å²) in [7, 11) is 0. The first-order chi connectivity index (χ1) is 13.6. The molecule has 6 heteroatoms.